The van der Waals surface area contributed by atoms with Gasteiger partial charge in [0.1, 0.15) is 22.2 Å². The Bertz CT molecular complexity index is 700. The van der Waals surface area contributed by atoms with Gasteiger partial charge in [0.05, 0.1) is 29.7 Å². The second kappa shape index (κ2) is 7.43. The van der Waals surface area contributed by atoms with Gasteiger partial charge >= 0.3 is 0 Å². The Hall–Kier alpha value is -1.59. The third-order valence-corrected chi connectivity index (χ3v) is 5.45. The van der Waals surface area contributed by atoms with Crippen LogP contribution in [-0.4, -0.2) is 47.0 Å². The van der Waals surface area contributed by atoms with Crippen molar-refractivity contribution in [2.75, 3.05) is 30.1 Å². The lowest BCUT2D eigenvalue weighted by atomic mass is 10.2. The van der Waals surface area contributed by atoms with E-state index < -0.39 is 25.4 Å². The molecule has 116 valence electrons. The van der Waals surface area contributed by atoms with Gasteiger partial charge in [-0.25, -0.2) is 16.8 Å². The molecule has 6 nitrogen and oxygen atoms in total. The standard InChI is InChI=1S/C13H17NO5S2/c1-20(15,16)10-11-21(17,18)9-8-19-13-4-2-12(3-5-13)6-7-14/h2-5H,6,8-11H2,1H3. The molecule has 0 aliphatic heterocycles. The second-order valence-electron chi connectivity index (χ2n) is 4.61. The van der Waals surface area contributed by atoms with Gasteiger partial charge in [-0.3, -0.25) is 0 Å². The van der Waals surface area contributed by atoms with Crippen LogP contribution in [0.2, 0.25) is 0 Å². The molecule has 0 bridgehead atoms. The summed E-state index contributed by atoms with van der Waals surface area (Å²) in [7, 11) is -6.74. The molecule has 0 amide bonds. The van der Waals surface area contributed by atoms with E-state index in [1.165, 1.54) is 0 Å². The molecule has 1 aromatic rings. The van der Waals surface area contributed by atoms with Crippen molar-refractivity contribution in [3.8, 4) is 11.8 Å². The molecule has 0 saturated heterocycles. The van der Waals surface area contributed by atoms with Gasteiger partial charge in [-0.05, 0) is 17.7 Å². The fourth-order valence-electron chi connectivity index (χ4n) is 1.46. The highest BCUT2D eigenvalue weighted by atomic mass is 32.2. The van der Waals surface area contributed by atoms with Crippen LogP contribution in [0.1, 0.15) is 5.56 Å². The average Bonchev–Trinajstić information content (AvgIpc) is 2.38. The Morgan fingerprint density at radius 1 is 1.05 bits per heavy atom. The Balaban J connectivity index is 2.44. The Morgan fingerprint density at radius 2 is 1.67 bits per heavy atom. The number of benzene rings is 1. The maximum absolute atomic E-state index is 11.6. The van der Waals surface area contributed by atoms with E-state index in [2.05, 4.69) is 0 Å². The van der Waals surface area contributed by atoms with E-state index in [4.69, 9.17) is 10.00 Å². The van der Waals surface area contributed by atoms with Crippen molar-refractivity contribution in [1.82, 2.24) is 0 Å². The van der Waals surface area contributed by atoms with Crippen LogP contribution in [0.15, 0.2) is 24.3 Å². The molecule has 0 atom stereocenters. The van der Waals surface area contributed by atoms with Crippen LogP contribution in [-0.2, 0) is 26.1 Å². The molecule has 0 unspecified atom stereocenters. The predicted molar refractivity (Wildman–Crippen MR) is 79.6 cm³/mol. The minimum absolute atomic E-state index is 0.0380. The van der Waals surface area contributed by atoms with Gasteiger partial charge in [-0.15, -0.1) is 0 Å². The minimum atomic E-state index is -3.45. The summed E-state index contributed by atoms with van der Waals surface area (Å²) < 4.78 is 50.4. The molecular weight excluding hydrogens is 314 g/mol. The number of sulfone groups is 2. The topological polar surface area (TPSA) is 101 Å². The number of nitriles is 1. The molecule has 0 aromatic heterocycles. The Labute approximate surface area is 125 Å². The molecular formula is C13H17NO5S2. The molecule has 0 aliphatic rings. The molecule has 0 N–H and O–H groups in total. The van der Waals surface area contributed by atoms with Crippen LogP contribution in [0.5, 0.6) is 5.75 Å². The lowest BCUT2D eigenvalue weighted by Crippen LogP contribution is -2.22. The fraction of sp³-hybridized carbons (Fsp3) is 0.462. The summed E-state index contributed by atoms with van der Waals surface area (Å²) in [5.74, 6) is -0.494. The van der Waals surface area contributed by atoms with Crippen LogP contribution in [0.25, 0.3) is 0 Å². The summed E-state index contributed by atoms with van der Waals surface area (Å²) in [6.45, 7) is -0.0380. The number of nitrogens with zero attached hydrogens (tertiary/aromatic N) is 1. The van der Waals surface area contributed by atoms with E-state index >= 15 is 0 Å². The van der Waals surface area contributed by atoms with Gasteiger partial charge in [-0.1, -0.05) is 12.1 Å². The van der Waals surface area contributed by atoms with Crippen molar-refractivity contribution < 1.29 is 21.6 Å². The summed E-state index contributed by atoms with van der Waals surface area (Å²) in [6.07, 6.45) is 1.31. The van der Waals surface area contributed by atoms with Gasteiger partial charge in [0.15, 0.2) is 9.84 Å². The summed E-state index contributed by atoms with van der Waals surface area (Å²) in [4.78, 5) is 0. The smallest absolute Gasteiger partial charge is 0.154 e. The third kappa shape index (κ3) is 7.68. The monoisotopic (exact) mass is 331 g/mol. The Kier molecular flexibility index (Phi) is 6.18. The van der Waals surface area contributed by atoms with E-state index in [0.717, 1.165) is 11.8 Å². The summed E-state index contributed by atoms with van der Waals surface area (Å²) in [5.41, 5.74) is 0.852. The highest BCUT2D eigenvalue weighted by molar-refractivity contribution is 7.94. The maximum Gasteiger partial charge on any atom is 0.154 e. The number of hydrogen-bond donors (Lipinski definition) is 0. The van der Waals surface area contributed by atoms with E-state index in [1.807, 2.05) is 6.07 Å². The van der Waals surface area contributed by atoms with Crippen LogP contribution < -0.4 is 4.74 Å². The lowest BCUT2D eigenvalue weighted by molar-refractivity contribution is 0.341. The van der Waals surface area contributed by atoms with Gasteiger partial charge in [0.25, 0.3) is 0 Å². The summed E-state index contributed by atoms with van der Waals surface area (Å²) >= 11 is 0. The molecule has 1 rings (SSSR count). The van der Waals surface area contributed by atoms with Crippen molar-refractivity contribution in [3.05, 3.63) is 29.8 Å². The number of ether oxygens (including phenoxy) is 1. The zero-order valence-electron chi connectivity index (χ0n) is 11.6. The van der Waals surface area contributed by atoms with Crippen molar-refractivity contribution in [2.45, 2.75) is 6.42 Å². The number of rotatable bonds is 8. The molecule has 0 aliphatic carbocycles. The Morgan fingerprint density at radius 3 is 2.19 bits per heavy atom. The van der Waals surface area contributed by atoms with E-state index in [1.54, 1.807) is 24.3 Å². The van der Waals surface area contributed by atoms with Crippen LogP contribution in [0.3, 0.4) is 0 Å². The molecule has 0 saturated carbocycles. The second-order valence-corrected chi connectivity index (χ2v) is 9.17. The molecule has 1 aromatic carbocycles. The molecule has 0 spiro atoms. The van der Waals surface area contributed by atoms with E-state index in [0.29, 0.717) is 12.2 Å². The maximum atomic E-state index is 11.6. The fourth-order valence-corrected chi connectivity index (χ4v) is 4.23. The average molecular weight is 331 g/mol. The predicted octanol–water partition coefficient (Wildman–Crippen LogP) is 0.591. The first kappa shape index (κ1) is 17.5. The largest absolute Gasteiger partial charge is 0.493 e. The quantitative estimate of drug-likeness (QED) is 0.691. The zero-order chi connectivity index (χ0) is 15.9. The molecule has 8 heteroatoms. The van der Waals surface area contributed by atoms with Gasteiger partial charge < -0.3 is 4.74 Å². The van der Waals surface area contributed by atoms with E-state index in [-0.39, 0.29) is 18.1 Å². The summed E-state index contributed by atoms with van der Waals surface area (Å²) in [5, 5.41) is 8.54. The van der Waals surface area contributed by atoms with Crippen molar-refractivity contribution in [3.63, 3.8) is 0 Å². The van der Waals surface area contributed by atoms with Crippen LogP contribution in [0, 0.1) is 11.3 Å². The summed E-state index contributed by atoms with van der Waals surface area (Å²) in [6, 6.07) is 8.81. The van der Waals surface area contributed by atoms with Gasteiger partial charge in [-0.2, -0.15) is 5.26 Å². The third-order valence-electron chi connectivity index (χ3n) is 2.63. The van der Waals surface area contributed by atoms with Crippen molar-refractivity contribution >= 4 is 19.7 Å². The normalized spacial score (nSPS) is 11.8. The van der Waals surface area contributed by atoms with Crippen LogP contribution >= 0.6 is 0 Å². The van der Waals surface area contributed by atoms with Crippen LogP contribution in [0.4, 0.5) is 0 Å². The SMILES string of the molecule is CS(=O)(=O)CCS(=O)(=O)CCOc1ccc(CC#N)cc1. The molecule has 0 heterocycles. The zero-order valence-corrected chi connectivity index (χ0v) is 13.3. The first-order valence-corrected chi connectivity index (χ1v) is 10.1. The minimum Gasteiger partial charge on any atom is -0.493 e. The van der Waals surface area contributed by atoms with Crippen molar-refractivity contribution in [1.29, 1.82) is 5.26 Å². The van der Waals surface area contributed by atoms with Gasteiger partial charge in [0, 0.05) is 6.26 Å². The first-order chi connectivity index (χ1) is 9.72. The highest BCUT2D eigenvalue weighted by Crippen LogP contribution is 2.12. The molecule has 0 fully saturated rings. The highest BCUT2D eigenvalue weighted by Gasteiger charge is 2.14. The lowest BCUT2D eigenvalue weighted by Gasteiger charge is -2.07. The molecule has 0 radical (unpaired) electrons. The molecule has 21 heavy (non-hydrogen) atoms. The van der Waals surface area contributed by atoms with Crippen molar-refractivity contribution in [2.24, 2.45) is 0 Å². The van der Waals surface area contributed by atoms with Gasteiger partial charge in [0.2, 0.25) is 0 Å². The van der Waals surface area contributed by atoms with E-state index in [9.17, 15) is 16.8 Å². The first-order valence-electron chi connectivity index (χ1n) is 6.19. The number of hydrogen-bond acceptors (Lipinski definition) is 6.